The zero-order valence-corrected chi connectivity index (χ0v) is 11.9. The quantitative estimate of drug-likeness (QED) is 0.428. The summed E-state index contributed by atoms with van der Waals surface area (Å²) in [5, 5.41) is 0. The van der Waals surface area contributed by atoms with Crippen molar-refractivity contribution in [2.45, 2.75) is 59.0 Å². The number of ether oxygens (including phenoxy) is 1. The van der Waals surface area contributed by atoms with Crippen molar-refractivity contribution in [3.05, 3.63) is 11.6 Å². The van der Waals surface area contributed by atoms with Gasteiger partial charge in [0.2, 0.25) is 0 Å². The van der Waals surface area contributed by atoms with Crippen LogP contribution in [0.3, 0.4) is 0 Å². The molecule has 0 N–H and O–H groups in total. The van der Waals surface area contributed by atoms with Crippen molar-refractivity contribution in [3.63, 3.8) is 0 Å². The van der Waals surface area contributed by atoms with Gasteiger partial charge < -0.3 is 9.53 Å². The van der Waals surface area contributed by atoms with Gasteiger partial charge in [-0.25, -0.2) is 0 Å². The van der Waals surface area contributed by atoms with Crippen LogP contribution in [0, 0.1) is 11.8 Å². The largest absolute Gasteiger partial charge is 0.460 e. The molecule has 0 aromatic carbocycles. The zero-order valence-electron chi connectivity index (χ0n) is 11.9. The van der Waals surface area contributed by atoms with Gasteiger partial charge in [0.1, 0.15) is 11.9 Å². The average molecular weight is 252 g/mol. The Morgan fingerprint density at radius 1 is 1.61 bits per heavy atom. The fourth-order valence-electron chi connectivity index (χ4n) is 2.62. The summed E-state index contributed by atoms with van der Waals surface area (Å²) in [4.78, 5) is 21.7. The first-order valence-electron chi connectivity index (χ1n) is 6.68. The second-order valence-corrected chi connectivity index (χ2v) is 5.85. The lowest BCUT2D eigenvalue weighted by Crippen LogP contribution is -2.37. The Morgan fingerprint density at radius 3 is 2.72 bits per heavy atom. The topological polar surface area (TPSA) is 43.4 Å². The molecule has 2 unspecified atom stereocenters. The molecule has 0 amide bonds. The van der Waals surface area contributed by atoms with Crippen LogP contribution in [-0.2, 0) is 14.3 Å². The van der Waals surface area contributed by atoms with E-state index in [9.17, 15) is 9.59 Å². The third-order valence-electron chi connectivity index (χ3n) is 3.71. The minimum atomic E-state index is -0.399. The maximum Gasteiger partial charge on any atom is 0.303 e. The summed E-state index contributed by atoms with van der Waals surface area (Å²) in [7, 11) is 0. The molecule has 0 bridgehead atoms. The summed E-state index contributed by atoms with van der Waals surface area (Å²) >= 11 is 0. The van der Waals surface area contributed by atoms with Crippen LogP contribution >= 0.6 is 0 Å². The summed E-state index contributed by atoms with van der Waals surface area (Å²) in [5.41, 5.74) is 0.967. The van der Waals surface area contributed by atoms with Crippen molar-refractivity contribution >= 4 is 12.3 Å². The molecule has 102 valence electrons. The Hall–Kier alpha value is -1.12. The van der Waals surface area contributed by atoms with E-state index in [0.717, 1.165) is 32.0 Å². The van der Waals surface area contributed by atoms with E-state index in [1.165, 1.54) is 12.5 Å². The molecule has 3 heteroatoms. The molecule has 0 spiro atoms. The number of hydrogen-bond donors (Lipinski definition) is 0. The predicted octanol–water partition coefficient (Wildman–Crippen LogP) is 3.28. The molecule has 0 saturated carbocycles. The standard InChI is InChI=1S/C15H24O3/c1-11(10-16)9-13-5-7-14(8-6-13)15(3,4)18-12(2)17/h5,10-11,14H,6-9H2,1-4H3. The highest BCUT2D eigenvalue weighted by molar-refractivity contribution is 5.66. The van der Waals surface area contributed by atoms with Gasteiger partial charge in [-0.1, -0.05) is 18.6 Å². The number of carbonyl (C=O) groups excluding carboxylic acids is 2. The summed E-state index contributed by atoms with van der Waals surface area (Å²) in [5.74, 6) is 0.260. The van der Waals surface area contributed by atoms with Gasteiger partial charge >= 0.3 is 5.97 Å². The van der Waals surface area contributed by atoms with Gasteiger partial charge in [-0.3, -0.25) is 4.79 Å². The van der Waals surface area contributed by atoms with Gasteiger partial charge in [0, 0.05) is 18.8 Å². The van der Waals surface area contributed by atoms with Crippen LogP contribution in [-0.4, -0.2) is 17.9 Å². The lowest BCUT2D eigenvalue weighted by Gasteiger charge is -2.35. The molecule has 1 rings (SSSR count). The molecule has 0 saturated heterocycles. The van der Waals surface area contributed by atoms with Gasteiger partial charge in [0.15, 0.2) is 0 Å². The highest BCUT2D eigenvalue weighted by atomic mass is 16.6. The molecule has 2 atom stereocenters. The third kappa shape index (κ3) is 4.28. The summed E-state index contributed by atoms with van der Waals surface area (Å²) < 4.78 is 5.39. The molecular formula is C15H24O3. The molecule has 0 aromatic rings. The van der Waals surface area contributed by atoms with E-state index in [0.29, 0.717) is 5.92 Å². The maximum atomic E-state index is 11.1. The lowest BCUT2D eigenvalue weighted by atomic mass is 9.78. The van der Waals surface area contributed by atoms with Crippen molar-refractivity contribution in [2.75, 3.05) is 0 Å². The van der Waals surface area contributed by atoms with Crippen LogP contribution < -0.4 is 0 Å². The van der Waals surface area contributed by atoms with Gasteiger partial charge in [-0.05, 0) is 39.5 Å². The number of allylic oxidation sites excluding steroid dienone is 2. The Morgan fingerprint density at radius 2 is 2.28 bits per heavy atom. The number of hydrogen-bond acceptors (Lipinski definition) is 3. The van der Waals surface area contributed by atoms with E-state index < -0.39 is 5.60 Å². The Labute approximate surface area is 110 Å². The smallest absolute Gasteiger partial charge is 0.303 e. The molecule has 1 aliphatic rings. The molecule has 0 heterocycles. The van der Waals surface area contributed by atoms with Crippen molar-refractivity contribution < 1.29 is 14.3 Å². The Balaban J connectivity index is 2.56. The Kier molecular flexibility index (Phi) is 5.12. The molecule has 0 fully saturated rings. The van der Waals surface area contributed by atoms with Crippen molar-refractivity contribution in [1.29, 1.82) is 0 Å². The van der Waals surface area contributed by atoms with Crippen LogP contribution in [0.5, 0.6) is 0 Å². The fraction of sp³-hybridized carbons (Fsp3) is 0.733. The van der Waals surface area contributed by atoms with E-state index in [-0.39, 0.29) is 11.9 Å². The van der Waals surface area contributed by atoms with Crippen molar-refractivity contribution in [2.24, 2.45) is 11.8 Å². The van der Waals surface area contributed by atoms with Gasteiger partial charge in [-0.15, -0.1) is 0 Å². The van der Waals surface area contributed by atoms with Crippen molar-refractivity contribution in [1.82, 2.24) is 0 Å². The van der Waals surface area contributed by atoms with E-state index in [4.69, 9.17) is 4.74 Å². The normalized spacial score (nSPS) is 22.0. The van der Waals surface area contributed by atoms with Gasteiger partial charge in [-0.2, -0.15) is 0 Å². The summed E-state index contributed by atoms with van der Waals surface area (Å²) in [6.07, 6.45) is 7.06. The minimum absolute atomic E-state index is 0.106. The van der Waals surface area contributed by atoms with Crippen LogP contribution in [0.15, 0.2) is 11.6 Å². The van der Waals surface area contributed by atoms with Gasteiger partial charge in [0.05, 0.1) is 0 Å². The van der Waals surface area contributed by atoms with E-state index in [2.05, 4.69) is 6.08 Å². The molecule has 18 heavy (non-hydrogen) atoms. The molecule has 1 aliphatic carbocycles. The average Bonchev–Trinajstić information content (AvgIpc) is 2.28. The number of rotatable bonds is 5. The number of aldehydes is 1. The monoisotopic (exact) mass is 252 g/mol. The molecule has 0 aromatic heterocycles. The first-order valence-corrected chi connectivity index (χ1v) is 6.68. The lowest BCUT2D eigenvalue weighted by molar-refractivity contribution is -0.159. The molecular weight excluding hydrogens is 228 g/mol. The second-order valence-electron chi connectivity index (χ2n) is 5.85. The van der Waals surface area contributed by atoms with Crippen LogP contribution in [0.2, 0.25) is 0 Å². The Bertz CT molecular complexity index is 342. The third-order valence-corrected chi connectivity index (χ3v) is 3.71. The predicted molar refractivity (Wildman–Crippen MR) is 71.1 cm³/mol. The fourth-order valence-corrected chi connectivity index (χ4v) is 2.62. The molecule has 3 nitrogen and oxygen atoms in total. The SMILES string of the molecule is CC(=O)OC(C)(C)C1CC=C(CC(C)C=O)CC1. The van der Waals surface area contributed by atoms with Crippen LogP contribution in [0.25, 0.3) is 0 Å². The summed E-state index contributed by atoms with van der Waals surface area (Å²) in [6.45, 7) is 7.36. The van der Waals surface area contributed by atoms with E-state index >= 15 is 0 Å². The number of esters is 1. The molecule has 0 radical (unpaired) electrons. The highest BCUT2D eigenvalue weighted by Gasteiger charge is 2.33. The number of carbonyl (C=O) groups is 2. The molecule has 0 aliphatic heterocycles. The second kappa shape index (κ2) is 6.17. The van der Waals surface area contributed by atoms with Crippen LogP contribution in [0.4, 0.5) is 0 Å². The first-order chi connectivity index (χ1) is 8.35. The minimum Gasteiger partial charge on any atom is -0.460 e. The zero-order chi connectivity index (χ0) is 13.8. The van der Waals surface area contributed by atoms with Crippen LogP contribution in [0.1, 0.15) is 53.4 Å². The van der Waals surface area contributed by atoms with Crippen molar-refractivity contribution in [3.8, 4) is 0 Å². The maximum absolute atomic E-state index is 11.1. The first kappa shape index (κ1) is 14.9. The van der Waals surface area contributed by atoms with Gasteiger partial charge in [0.25, 0.3) is 0 Å². The van der Waals surface area contributed by atoms with E-state index in [1.807, 2.05) is 20.8 Å². The highest BCUT2D eigenvalue weighted by Crippen LogP contribution is 2.35. The van der Waals surface area contributed by atoms with E-state index in [1.54, 1.807) is 0 Å². The summed E-state index contributed by atoms with van der Waals surface area (Å²) in [6, 6.07) is 0.